The quantitative estimate of drug-likeness (QED) is 0.255. The van der Waals surface area contributed by atoms with Crippen LogP contribution in [0.25, 0.3) is 11.0 Å². The Morgan fingerprint density at radius 1 is 0.955 bits per heavy atom. The van der Waals surface area contributed by atoms with Gasteiger partial charge < -0.3 is 19.9 Å². The molecule has 1 fully saturated rings. The number of morpholine rings is 1. The minimum Gasteiger partial charge on any atom is -0.378 e. The van der Waals surface area contributed by atoms with Gasteiger partial charge in [0.05, 0.1) is 18.7 Å². The second kappa shape index (κ2) is 13.0. The van der Waals surface area contributed by atoms with Gasteiger partial charge >= 0.3 is 0 Å². The average molecular weight is 593 g/mol. The van der Waals surface area contributed by atoms with Crippen LogP contribution in [0.5, 0.6) is 0 Å². The molecule has 0 unspecified atom stereocenters. The van der Waals surface area contributed by atoms with Gasteiger partial charge in [0.15, 0.2) is 0 Å². The van der Waals surface area contributed by atoms with E-state index in [1.807, 2.05) is 79.7 Å². The Morgan fingerprint density at radius 2 is 1.70 bits per heavy atom. The normalized spacial score (nSPS) is 13.9. The smallest absolute Gasteiger partial charge is 0.251 e. The SMILES string of the molecule is Cc1ccc(CN(C(=O)Cn2nnc3ccccc32)[C@H](C(=O)Nc2ccc(N3CCOCC3)cc2)c2cccc(F)c2)cc1. The molecular weight excluding hydrogens is 559 g/mol. The number of amides is 2. The van der Waals surface area contributed by atoms with E-state index in [0.29, 0.717) is 35.5 Å². The van der Waals surface area contributed by atoms with Gasteiger partial charge in [0, 0.05) is 31.0 Å². The highest BCUT2D eigenvalue weighted by molar-refractivity contribution is 5.98. The van der Waals surface area contributed by atoms with E-state index in [1.165, 1.54) is 21.7 Å². The number of carbonyl (C=O) groups excluding carboxylic acids is 2. The molecule has 0 spiro atoms. The van der Waals surface area contributed by atoms with E-state index in [4.69, 9.17) is 4.74 Å². The molecule has 0 radical (unpaired) electrons. The summed E-state index contributed by atoms with van der Waals surface area (Å²) in [6.07, 6.45) is 0. The molecule has 4 aromatic carbocycles. The Balaban J connectivity index is 1.33. The lowest BCUT2D eigenvalue weighted by Gasteiger charge is -2.32. The summed E-state index contributed by atoms with van der Waals surface area (Å²) in [6, 6.07) is 27.4. The summed E-state index contributed by atoms with van der Waals surface area (Å²) in [4.78, 5) is 32.0. The lowest BCUT2D eigenvalue weighted by Crippen LogP contribution is -2.42. The second-order valence-corrected chi connectivity index (χ2v) is 10.8. The third-order valence-electron chi connectivity index (χ3n) is 7.73. The van der Waals surface area contributed by atoms with Crippen LogP contribution < -0.4 is 10.2 Å². The molecule has 5 aromatic rings. The van der Waals surface area contributed by atoms with E-state index < -0.39 is 17.8 Å². The van der Waals surface area contributed by atoms with Gasteiger partial charge in [-0.25, -0.2) is 9.07 Å². The van der Waals surface area contributed by atoms with Crippen LogP contribution in [0.1, 0.15) is 22.7 Å². The highest BCUT2D eigenvalue weighted by Gasteiger charge is 2.32. The largest absolute Gasteiger partial charge is 0.378 e. The number of carbonyl (C=O) groups is 2. The fourth-order valence-electron chi connectivity index (χ4n) is 5.40. The number of hydrogen-bond donors (Lipinski definition) is 1. The van der Waals surface area contributed by atoms with Crippen molar-refractivity contribution >= 4 is 34.2 Å². The zero-order valence-corrected chi connectivity index (χ0v) is 24.4. The number of hydrogen-bond acceptors (Lipinski definition) is 6. The molecule has 2 heterocycles. The van der Waals surface area contributed by atoms with E-state index >= 15 is 0 Å². The number of nitrogens with zero attached hydrogens (tertiary/aromatic N) is 5. The van der Waals surface area contributed by atoms with E-state index in [1.54, 1.807) is 12.1 Å². The van der Waals surface area contributed by atoms with Gasteiger partial charge in [-0.05, 0) is 66.6 Å². The number of nitrogens with one attached hydrogen (secondary N) is 1. The van der Waals surface area contributed by atoms with Gasteiger partial charge in [0.25, 0.3) is 5.91 Å². The maximum Gasteiger partial charge on any atom is 0.251 e. The van der Waals surface area contributed by atoms with Crippen molar-refractivity contribution in [3.63, 3.8) is 0 Å². The predicted octanol–water partition coefficient (Wildman–Crippen LogP) is 5.12. The molecule has 1 aliphatic rings. The first kappa shape index (κ1) is 29.0. The molecule has 1 aromatic heterocycles. The van der Waals surface area contributed by atoms with Crippen LogP contribution in [-0.4, -0.2) is 58.0 Å². The molecule has 0 aliphatic carbocycles. The third-order valence-corrected chi connectivity index (χ3v) is 7.73. The Hall–Kier alpha value is -5.09. The topological polar surface area (TPSA) is 92.6 Å². The monoisotopic (exact) mass is 592 g/mol. The summed E-state index contributed by atoms with van der Waals surface area (Å²) in [5.41, 5.74) is 5.21. The molecule has 224 valence electrons. The van der Waals surface area contributed by atoms with Crippen LogP contribution in [-0.2, 0) is 27.4 Å². The van der Waals surface area contributed by atoms with Gasteiger partial charge in [-0.1, -0.05) is 59.3 Å². The minimum absolute atomic E-state index is 0.121. The number of aryl methyl sites for hydroxylation is 1. The second-order valence-electron chi connectivity index (χ2n) is 10.8. The van der Waals surface area contributed by atoms with Crippen molar-refractivity contribution < 1.29 is 18.7 Å². The summed E-state index contributed by atoms with van der Waals surface area (Å²) < 4.78 is 21.6. The number of anilines is 2. The zero-order chi connectivity index (χ0) is 30.5. The lowest BCUT2D eigenvalue weighted by molar-refractivity contribution is -0.140. The molecule has 2 amide bonds. The van der Waals surface area contributed by atoms with Crippen molar-refractivity contribution in [1.82, 2.24) is 19.9 Å². The van der Waals surface area contributed by atoms with Crippen LogP contribution >= 0.6 is 0 Å². The van der Waals surface area contributed by atoms with E-state index in [9.17, 15) is 14.0 Å². The molecule has 44 heavy (non-hydrogen) atoms. The molecular formula is C34H33FN6O3. The number of ether oxygens (including phenoxy) is 1. The molecule has 1 atom stereocenters. The number of benzene rings is 4. The third kappa shape index (κ3) is 6.60. The average Bonchev–Trinajstić information content (AvgIpc) is 3.45. The first-order valence-corrected chi connectivity index (χ1v) is 14.6. The van der Waals surface area contributed by atoms with Crippen LogP contribution in [0, 0.1) is 12.7 Å². The van der Waals surface area contributed by atoms with Crippen molar-refractivity contribution in [3.05, 3.63) is 120 Å². The van der Waals surface area contributed by atoms with Crippen molar-refractivity contribution in [2.24, 2.45) is 0 Å². The molecule has 9 nitrogen and oxygen atoms in total. The van der Waals surface area contributed by atoms with E-state index in [2.05, 4.69) is 20.5 Å². The summed E-state index contributed by atoms with van der Waals surface area (Å²) in [6.45, 7) is 4.88. The van der Waals surface area contributed by atoms with Gasteiger partial charge in [-0.3, -0.25) is 9.59 Å². The summed E-state index contributed by atoms with van der Waals surface area (Å²) in [5, 5.41) is 11.3. The maximum absolute atomic E-state index is 14.6. The summed E-state index contributed by atoms with van der Waals surface area (Å²) in [7, 11) is 0. The Kier molecular flexibility index (Phi) is 8.60. The number of halogens is 1. The maximum atomic E-state index is 14.6. The van der Waals surface area contributed by atoms with Crippen LogP contribution in [0.2, 0.25) is 0 Å². The lowest BCUT2D eigenvalue weighted by atomic mass is 10.0. The Morgan fingerprint density at radius 3 is 2.45 bits per heavy atom. The predicted molar refractivity (Wildman–Crippen MR) is 167 cm³/mol. The summed E-state index contributed by atoms with van der Waals surface area (Å²) in [5.74, 6) is -1.33. The van der Waals surface area contributed by atoms with E-state index in [-0.39, 0.29) is 19.0 Å². The fourth-order valence-corrected chi connectivity index (χ4v) is 5.40. The van der Waals surface area contributed by atoms with Gasteiger partial charge in [0.1, 0.15) is 23.9 Å². The Labute approximate surface area is 254 Å². The highest BCUT2D eigenvalue weighted by atomic mass is 19.1. The Bertz CT molecular complexity index is 1750. The van der Waals surface area contributed by atoms with Gasteiger partial charge in [-0.15, -0.1) is 5.10 Å². The first-order valence-electron chi connectivity index (χ1n) is 14.6. The molecule has 1 N–H and O–H groups in total. The van der Waals surface area contributed by atoms with Crippen molar-refractivity contribution in [1.29, 1.82) is 0 Å². The van der Waals surface area contributed by atoms with Crippen molar-refractivity contribution in [2.45, 2.75) is 26.1 Å². The van der Waals surface area contributed by atoms with Crippen LogP contribution in [0.3, 0.4) is 0 Å². The molecule has 1 aliphatic heterocycles. The number of fused-ring (bicyclic) bond motifs is 1. The number of rotatable bonds is 9. The molecule has 0 saturated carbocycles. The molecule has 0 bridgehead atoms. The first-order chi connectivity index (χ1) is 21.4. The summed E-state index contributed by atoms with van der Waals surface area (Å²) >= 11 is 0. The molecule has 1 saturated heterocycles. The zero-order valence-electron chi connectivity index (χ0n) is 24.4. The fraction of sp³-hybridized carbons (Fsp3) is 0.235. The van der Waals surface area contributed by atoms with Crippen LogP contribution in [0.4, 0.5) is 15.8 Å². The van der Waals surface area contributed by atoms with Crippen LogP contribution in [0.15, 0.2) is 97.1 Å². The highest BCUT2D eigenvalue weighted by Crippen LogP contribution is 2.28. The standard InChI is InChI=1S/C34H33FN6O3/c1-24-9-11-25(12-10-24)22-40(32(42)23-41-31-8-3-2-7-30(31)37-38-41)33(26-5-4-6-27(35)21-26)34(43)36-28-13-15-29(16-14-28)39-17-19-44-20-18-39/h2-16,21,33H,17-20,22-23H2,1H3,(H,36,43)/t33-/m0/s1. The van der Waals surface area contributed by atoms with Crippen molar-refractivity contribution in [2.75, 3.05) is 36.5 Å². The molecule has 6 rings (SSSR count). The number of aromatic nitrogens is 3. The molecule has 10 heteroatoms. The van der Waals surface area contributed by atoms with Crippen molar-refractivity contribution in [3.8, 4) is 0 Å². The van der Waals surface area contributed by atoms with Gasteiger partial charge in [-0.2, -0.15) is 0 Å². The van der Waals surface area contributed by atoms with Gasteiger partial charge in [0.2, 0.25) is 5.91 Å². The van der Waals surface area contributed by atoms with E-state index in [0.717, 1.165) is 29.9 Å². The number of para-hydroxylation sites is 1. The minimum atomic E-state index is -1.13.